The SMILES string of the molecule is CC1(C)C(/C=C/C2=C(Oc3ccc(CCC(=O)O)cc3)C(=C\C=C3/N(CCCCS(=O)(=O)O)c4ccc(S(=O)(=O)O)cc4C3(C)C)/OCC2)=[N+](CCCCS(=O)(=O)O)c2ccc(S(=O)(=O)O)cc21. The lowest BCUT2D eigenvalue weighted by molar-refractivity contribution is -0.438. The van der Waals surface area contributed by atoms with Crippen LogP contribution < -0.4 is 9.64 Å². The monoisotopic (exact) mass is 1020 g/mol. The molecule has 0 fully saturated rings. The molecule has 0 unspecified atom stereocenters. The van der Waals surface area contributed by atoms with Gasteiger partial charge in [0.05, 0.1) is 33.3 Å². The Morgan fingerprint density at radius 2 is 1.35 bits per heavy atom. The van der Waals surface area contributed by atoms with E-state index >= 15 is 0 Å². The number of benzene rings is 3. The van der Waals surface area contributed by atoms with Crippen LogP contribution in [0, 0.1) is 0 Å². The van der Waals surface area contributed by atoms with E-state index in [9.17, 15) is 61.8 Å². The van der Waals surface area contributed by atoms with Crippen molar-refractivity contribution in [3.8, 4) is 5.75 Å². The zero-order chi connectivity index (χ0) is 50.0. The van der Waals surface area contributed by atoms with E-state index in [2.05, 4.69) is 0 Å². The molecule has 18 nitrogen and oxygen atoms in total. The number of carbonyl (C=O) groups is 1. The number of aryl methyl sites for hydroxylation is 1. The molecule has 368 valence electrons. The zero-order valence-corrected chi connectivity index (χ0v) is 41.1. The summed E-state index contributed by atoms with van der Waals surface area (Å²) in [6, 6.07) is 15.4. The van der Waals surface area contributed by atoms with Crippen LogP contribution in [-0.4, -0.2) is 104 Å². The van der Waals surface area contributed by atoms with Crippen molar-refractivity contribution in [2.45, 2.75) is 93.3 Å². The summed E-state index contributed by atoms with van der Waals surface area (Å²) in [7, 11) is -17.6. The Morgan fingerprint density at radius 3 is 1.96 bits per heavy atom. The molecule has 22 heteroatoms. The summed E-state index contributed by atoms with van der Waals surface area (Å²) in [6.45, 7) is 8.23. The van der Waals surface area contributed by atoms with Crippen LogP contribution in [0.15, 0.2) is 118 Å². The lowest BCUT2D eigenvalue weighted by atomic mass is 9.81. The first-order valence-electron chi connectivity index (χ1n) is 21.6. The Kier molecular flexibility index (Phi) is 15.4. The van der Waals surface area contributed by atoms with Crippen LogP contribution in [0.2, 0.25) is 0 Å². The molecule has 3 aromatic rings. The molecule has 3 aliphatic heterocycles. The number of unbranched alkanes of at least 4 members (excludes halogenated alkanes) is 2. The zero-order valence-electron chi connectivity index (χ0n) is 37.8. The van der Waals surface area contributed by atoms with E-state index in [-0.39, 0.29) is 54.5 Å². The van der Waals surface area contributed by atoms with Crippen molar-refractivity contribution in [1.29, 1.82) is 0 Å². The summed E-state index contributed by atoms with van der Waals surface area (Å²) in [4.78, 5) is 12.5. The van der Waals surface area contributed by atoms with Crippen molar-refractivity contribution in [1.82, 2.24) is 0 Å². The highest BCUT2D eigenvalue weighted by Crippen LogP contribution is 2.49. The Labute approximate surface area is 397 Å². The second-order valence-electron chi connectivity index (χ2n) is 17.7. The number of rotatable bonds is 20. The fourth-order valence-electron chi connectivity index (χ4n) is 8.65. The average molecular weight is 1020 g/mol. The number of hydrogen-bond donors (Lipinski definition) is 5. The highest BCUT2D eigenvalue weighted by molar-refractivity contribution is 7.86. The van der Waals surface area contributed by atoms with Crippen molar-refractivity contribution >= 4 is 63.5 Å². The summed E-state index contributed by atoms with van der Waals surface area (Å²) >= 11 is 0. The molecule has 0 radical (unpaired) electrons. The molecule has 0 bridgehead atoms. The van der Waals surface area contributed by atoms with Crippen LogP contribution in [0.4, 0.5) is 11.4 Å². The van der Waals surface area contributed by atoms with Crippen LogP contribution in [-0.2, 0) is 67.3 Å². The van der Waals surface area contributed by atoms with Crippen molar-refractivity contribution < 1.29 is 75.8 Å². The van der Waals surface area contributed by atoms with E-state index < -0.39 is 68.8 Å². The molecule has 0 spiro atoms. The minimum atomic E-state index is -4.58. The van der Waals surface area contributed by atoms with E-state index in [1.165, 1.54) is 24.3 Å². The molecule has 0 saturated carbocycles. The predicted octanol–water partition coefficient (Wildman–Crippen LogP) is 6.78. The maximum Gasteiger partial charge on any atom is 0.303 e. The Hall–Kier alpha value is -5.20. The van der Waals surface area contributed by atoms with Gasteiger partial charge in [-0.15, -0.1) is 0 Å². The van der Waals surface area contributed by atoms with E-state index in [1.54, 1.807) is 48.6 Å². The first kappa shape index (κ1) is 52.2. The third-order valence-corrected chi connectivity index (χ3v) is 15.4. The number of anilines is 1. The van der Waals surface area contributed by atoms with Crippen molar-refractivity contribution in [3.63, 3.8) is 0 Å². The Bertz CT molecular complexity index is 3090. The minimum absolute atomic E-state index is 0.0711. The molecule has 0 atom stereocenters. The number of ether oxygens (including phenoxy) is 2. The number of carboxylic acid groups (broad SMARTS) is 1. The molecule has 5 N–H and O–H groups in total. The third-order valence-electron chi connectivity index (χ3n) is 12.1. The molecule has 68 heavy (non-hydrogen) atoms. The first-order valence-corrected chi connectivity index (χ1v) is 27.7. The number of hydrogen-bond acceptors (Lipinski definition) is 12. The van der Waals surface area contributed by atoms with Gasteiger partial charge in [0.15, 0.2) is 17.2 Å². The van der Waals surface area contributed by atoms with Crippen molar-refractivity contribution in [3.05, 3.63) is 124 Å². The lowest BCUT2D eigenvalue weighted by Gasteiger charge is -2.27. The van der Waals surface area contributed by atoms with Crippen LogP contribution >= 0.6 is 0 Å². The largest absolute Gasteiger partial charge is 0.489 e. The number of allylic oxidation sites excluding steroid dienone is 5. The van der Waals surface area contributed by atoms with Gasteiger partial charge in [0, 0.05) is 65.9 Å². The normalized spacial score (nSPS) is 18.4. The molecule has 0 aromatic heterocycles. The minimum Gasteiger partial charge on any atom is -0.489 e. The maximum absolute atomic E-state index is 12.2. The van der Waals surface area contributed by atoms with Gasteiger partial charge in [-0.1, -0.05) is 26.0 Å². The van der Waals surface area contributed by atoms with Crippen LogP contribution in [0.5, 0.6) is 5.75 Å². The number of carboxylic acids is 1. The van der Waals surface area contributed by atoms with E-state index in [0.29, 0.717) is 76.7 Å². The van der Waals surface area contributed by atoms with Gasteiger partial charge in [0.25, 0.3) is 40.5 Å². The second-order valence-corrected chi connectivity index (χ2v) is 23.7. The fraction of sp³-hybridized carbons (Fsp3) is 0.391. The fourth-order valence-corrected chi connectivity index (χ4v) is 10.8. The topological polar surface area (TPSA) is 279 Å². The molecule has 0 amide bonds. The summed E-state index contributed by atoms with van der Waals surface area (Å²) < 4.78 is 149. The van der Waals surface area contributed by atoms with Crippen LogP contribution in [0.25, 0.3) is 0 Å². The summed E-state index contributed by atoms with van der Waals surface area (Å²) in [5, 5.41) is 9.22. The maximum atomic E-state index is 12.2. The first-order chi connectivity index (χ1) is 31.6. The summed E-state index contributed by atoms with van der Waals surface area (Å²) in [5.74, 6) is -0.885. The number of aliphatic carboxylic acids is 1. The van der Waals surface area contributed by atoms with Gasteiger partial charge in [-0.2, -0.15) is 38.2 Å². The van der Waals surface area contributed by atoms with Crippen molar-refractivity contribution in [2.75, 3.05) is 36.1 Å². The standard InChI is InChI=1S/C46H54N2O16S4/c1-45(2)36-29-34(67(57,58)59)15-17-38(36)47(24-5-7-27-65(51,52)53)41(45)20-12-32-23-26-63-40(44(32)64-33-13-9-31(10-14-33)11-22-43(49)50)19-21-42-46(3,4)37-30-35(68(60,61)62)16-18-39(37)48(42)25-6-8-28-66(54,55)56/h9-10,12-21,29-30H,5-8,11,22-28H2,1-4H3,(H4-,49,50,51,52,53,54,55,56,57,58,59,60,61,62)/p+1. The number of nitrogens with zero attached hydrogens (tertiary/aromatic N) is 2. The molecule has 3 aliphatic rings. The van der Waals surface area contributed by atoms with E-state index in [1.807, 2.05) is 49.3 Å². The summed E-state index contributed by atoms with van der Waals surface area (Å²) in [6.07, 6.45) is 8.64. The summed E-state index contributed by atoms with van der Waals surface area (Å²) in [5.41, 5.74) is 3.43. The van der Waals surface area contributed by atoms with Gasteiger partial charge in [-0.3, -0.25) is 23.0 Å². The molecule has 0 aliphatic carbocycles. The van der Waals surface area contributed by atoms with E-state index in [0.717, 1.165) is 5.56 Å². The van der Waals surface area contributed by atoms with Crippen molar-refractivity contribution in [2.24, 2.45) is 0 Å². The second kappa shape index (κ2) is 20.0. The van der Waals surface area contributed by atoms with Gasteiger partial charge in [-0.25, -0.2) is 0 Å². The highest BCUT2D eigenvalue weighted by Gasteiger charge is 2.45. The van der Waals surface area contributed by atoms with Gasteiger partial charge in [0.1, 0.15) is 12.3 Å². The third kappa shape index (κ3) is 12.5. The van der Waals surface area contributed by atoms with Gasteiger partial charge >= 0.3 is 5.97 Å². The van der Waals surface area contributed by atoms with Gasteiger partial charge in [0.2, 0.25) is 5.69 Å². The van der Waals surface area contributed by atoms with Gasteiger partial charge < -0.3 is 19.5 Å². The molecule has 0 saturated heterocycles. The van der Waals surface area contributed by atoms with E-state index in [4.69, 9.17) is 9.47 Å². The average Bonchev–Trinajstić information content (AvgIpc) is 3.58. The smallest absolute Gasteiger partial charge is 0.303 e. The molecule has 6 rings (SSSR count). The predicted molar refractivity (Wildman–Crippen MR) is 253 cm³/mol. The Morgan fingerprint density at radius 1 is 0.750 bits per heavy atom. The van der Waals surface area contributed by atoms with Crippen LogP contribution in [0.3, 0.4) is 0 Å². The van der Waals surface area contributed by atoms with Crippen LogP contribution in [0.1, 0.15) is 82.9 Å². The molecule has 3 aromatic carbocycles. The van der Waals surface area contributed by atoms with Gasteiger partial charge in [-0.05, 0) is 111 Å². The number of fused-ring (bicyclic) bond motifs is 2. The molecular formula is C46H55N2O16S4+. The quantitative estimate of drug-likeness (QED) is 0.0443. The Balaban J connectivity index is 1.47. The lowest BCUT2D eigenvalue weighted by Crippen LogP contribution is -2.28. The molecular weight excluding hydrogens is 965 g/mol. The molecule has 3 heterocycles. The highest BCUT2D eigenvalue weighted by atomic mass is 32.2.